The summed E-state index contributed by atoms with van der Waals surface area (Å²) < 4.78 is 22.6. The van der Waals surface area contributed by atoms with Gasteiger partial charge in [0.25, 0.3) is 0 Å². The average molecular weight is 593 g/mol. The van der Waals surface area contributed by atoms with Gasteiger partial charge in [0.05, 0.1) is 7.11 Å². The van der Waals surface area contributed by atoms with Gasteiger partial charge in [-0.05, 0) is 97.3 Å². The zero-order valence-corrected chi connectivity index (χ0v) is 27.1. The number of benzene rings is 4. The van der Waals surface area contributed by atoms with Crippen LogP contribution in [-0.4, -0.2) is 11.7 Å². The van der Waals surface area contributed by atoms with E-state index < -0.39 is 0 Å². The predicted molar refractivity (Wildman–Crippen MR) is 180 cm³/mol. The number of aromatic nitrogens is 2. The van der Waals surface area contributed by atoms with E-state index in [1.54, 1.807) is 7.11 Å². The summed E-state index contributed by atoms with van der Waals surface area (Å²) in [5.41, 5.74) is 17.4. The molecular weight excluding hydrogens is 546 g/mol. The van der Waals surface area contributed by atoms with E-state index >= 15 is 0 Å². The highest BCUT2D eigenvalue weighted by Crippen LogP contribution is 2.35. The first-order chi connectivity index (χ1) is 21.4. The van der Waals surface area contributed by atoms with Crippen LogP contribution in [0.2, 0.25) is 0 Å². The number of methoxy groups -OCH3 is 1. The zero-order chi connectivity index (χ0) is 31.2. The van der Waals surface area contributed by atoms with Gasteiger partial charge in [-0.25, -0.2) is 0 Å². The molecule has 1 heterocycles. The van der Waals surface area contributed by atoms with Crippen LogP contribution >= 0.6 is 0 Å². The first-order valence-corrected chi connectivity index (χ1v) is 15.8. The summed E-state index contributed by atoms with van der Waals surface area (Å²) >= 11 is 0. The van der Waals surface area contributed by atoms with Crippen LogP contribution in [0.25, 0.3) is 22.2 Å². The van der Waals surface area contributed by atoms with Crippen molar-refractivity contribution in [3.63, 3.8) is 0 Å². The summed E-state index contributed by atoms with van der Waals surface area (Å²) in [5, 5.41) is 0. The molecule has 0 aliphatic heterocycles. The minimum atomic E-state index is 0.259. The van der Waals surface area contributed by atoms with E-state index in [9.17, 15) is 0 Å². The Kier molecular flexibility index (Phi) is 9.78. The van der Waals surface area contributed by atoms with Crippen LogP contribution in [0, 0.1) is 13.8 Å². The molecule has 4 aromatic carbocycles. The fourth-order valence-electron chi connectivity index (χ4n) is 6.17. The second-order valence-electron chi connectivity index (χ2n) is 11.5. The summed E-state index contributed by atoms with van der Waals surface area (Å²) in [6, 6.07) is 25.2. The molecule has 0 unspecified atom stereocenters. The molecule has 0 spiro atoms. The number of hydrogen-bond donors (Lipinski definition) is 1. The van der Waals surface area contributed by atoms with Crippen molar-refractivity contribution >= 4 is 17.0 Å². The fraction of sp³-hybridized carbons (Fsp3) is 0.342. The molecular formula is C38H46N3O3+. The van der Waals surface area contributed by atoms with Gasteiger partial charge in [0.15, 0.2) is 5.52 Å². The van der Waals surface area contributed by atoms with Crippen molar-refractivity contribution in [1.29, 1.82) is 0 Å². The van der Waals surface area contributed by atoms with Crippen LogP contribution in [0.3, 0.4) is 0 Å². The molecule has 1 aromatic heterocycles. The van der Waals surface area contributed by atoms with Crippen LogP contribution in [0.15, 0.2) is 72.8 Å². The normalized spacial score (nSPS) is 11.2. The zero-order valence-electron chi connectivity index (χ0n) is 27.1. The maximum Gasteiger partial charge on any atom is 0.361 e. The number of nitrogen functional groups attached to an aromatic ring is 1. The van der Waals surface area contributed by atoms with Gasteiger partial charge < -0.3 is 14.2 Å². The molecule has 6 heteroatoms. The Hall–Kier alpha value is -4.45. The number of aryl methyl sites for hydroxylation is 4. The number of para-hydroxylation sites is 1. The lowest BCUT2D eigenvalue weighted by Gasteiger charge is -2.14. The smallest absolute Gasteiger partial charge is 0.361 e. The van der Waals surface area contributed by atoms with Crippen molar-refractivity contribution in [2.75, 3.05) is 12.8 Å². The Labute approximate surface area is 262 Å². The molecule has 0 saturated carbocycles. The van der Waals surface area contributed by atoms with Gasteiger partial charge in [0.2, 0.25) is 13.5 Å². The minimum Gasteiger partial charge on any atom is -0.496 e. The maximum absolute atomic E-state index is 6.95. The van der Waals surface area contributed by atoms with E-state index in [0.29, 0.717) is 5.95 Å². The minimum absolute atomic E-state index is 0.259. The van der Waals surface area contributed by atoms with E-state index in [-0.39, 0.29) is 13.5 Å². The van der Waals surface area contributed by atoms with E-state index in [1.807, 2.05) is 16.7 Å². The molecule has 0 aliphatic rings. The number of anilines is 1. The van der Waals surface area contributed by atoms with Gasteiger partial charge in [0, 0.05) is 11.1 Å². The van der Waals surface area contributed by atoms with Crippen LogP contribution < -0.4 is 24.5 Å². The molecule has 6 nitrogen and oxygen atoms in total. The van der Waals surface area contributed by atoms with Crippen molar-refractivity contribution in [1.82, 2.24) is 4.57 Å². The van der Waals surface area contributed by atoms with Crippen molar-refractivity contribution in [3.05, 3.63) is 101 Å². The lowest BCUT2D eigenvalue weighted by molar-refractivity contribution is -0.687. The summed E-state index contributed by atoms with van der Waals surface area (Å²) in [5.74, 6) is 3.09. The van der Waals surface area contributed by atoms with E-state index in [0.717, 1.165) is 77.1 Å². The SMILES string of the molecule is CCCc1ccc(OCn2c(N)[n+](COc3ccc(CCC)c(C)c3)c3c(-c4cccc(OC)c4CC)cccc32)cc1C. The number of nitrogens with zero attached hydrogens (tertiary/aromatic N) is 2. The maximum atomic E-state index is 6.95. The lowest BCUT2D eigenvalue weighted by Crippen LogP contribution is -2.39. The molecule has 5 aromatic rings. The molecule has 230 valence electrons. The first kappa shape index (κ1) is 31.0. The fourth-order valence-corrected chi connectivity index (χ4v) is 6.17. The van der Waals surface area contributed by atoms with Gasteiger partial charge in [-0.2, -0.15) is 9.13 Å². The number of hydrogen-bond acceptors (Lipinski definition) is 4. The van der Waals surface area contributed by atoms with Crippen LogP contribution in [-0.2, 0) is 32.7 Å². The number of rotatable bonds is 13. The molecule has 5 rings (SSSR count). The lowest BCUT2D eigenvalue weighted by atomic mass is 9.96. The van der Waals surface area contributed by atoms with Gasteiger partial charge in [-0.1, -0.05) is 70.0 Å². The summed E-state index contributed by atoms with van der Waals surface area (Å²) in [6.45, 7) is 11.4. The van der Waals surface area contributed by atoms with E-state index in [4.69, 9.17) is 19.9 Å². The summed E-state index contributed by atoms with van der Waals surface area (Å²) in [7, 11) is 1.73. The molecule has 0 saturated heterocycles. The van der Waals surface area contributed by atoms with E-state index in [1.165, 1.54) is 22.3 Å². The molecule has 2 N–H and O–H groups in total. The van der Waals surface area contributed by atoms with Crippen molar-refractivity contribution in [2.24, 2.45) is 0 Å². The number of fused-ring (bicyclic) bond motifs is 1. The number of nitrogens with two attached hydrogens (primary N) is 1. The Morgan fingerprint density at radius 1 is 0.750 bits per heavy atom. The Morgan fingerprint density at radius 3 is 1.95 bits per heavy atom. The molecule has 0 aliphatic carbocycles. The van der Waals surface area contributed by atoms with Gasteiger partial charge in [-0.3, -0.25) is 5.73 Å². The molecule has 0 bridgehead atoms. The largest absolute Gasteiger partial charge is 0.496 e. The highest BCUT2D eigenvalue weighted by atomic mass is 16.5. The Balaban J connectivity index is 1.58. The second kappa shape index (κ2) is 13.9. The van der Waals surface area contributed by atoms with Crippen LogP contribution in [0.1, 0.15) is 61.4 Å². The molecule has 44 heavy (non-hydrogen) atoms. The second-order valence-corrected chi connectivity index (χ2v) is 11.5. The molecule has 0 amide bonds. The number of imidazole rings is 1. The van der Waals surface area contributed by atoms with Crippen molar-refractivity contribution in [3.8, 4) is 28.4 Å². The van der Waals surface area contributed by atoms with Crippen molar-refractivity contribution in [2.45, 2.75) is 80.2 Å². The van der Waals surface area contributed by atoms with Gasteiger partial charge >= 0.3 is 5.95 Å². The standard InChI is InChI=1S/C38H45N3O3/c1-7-12-28-18-20-30(22-26(28)4)43-24-40-35-16-10-15-34(33-14-11-17-36(42-6)32(33)9-3)37(35)41(38(40)39)25-44-31-21-19-29(13-8-2)27(5)23-31/h10-11,14-23,39H,7-9,12-13,24-25H2,1-6H3/p+1. The number of ether oxygens (including phenoxy) is 3. The van der Waals surface area contributed by atoms with Gasteiger partial charge in [-0.15, -0.1) is 0 Å². The monoisotopic (exact) mass is 592 g/mol. The molecule has 0 atom stereocenters. The quantitative estimate of drug-likeness (QED) is 0.140. The van der Waals surface area contributed by atoms with Crippen molar-refractivity contribution < 1.29 is 18.8 Å². The summed E-state index contributed by atoms with van der Waals surface area (Å²) in [4.78, 5) is 0. The topological polar surface area (TPSA) is 62.5 Å². The average Bonchev–Trinajstić information content (AvgIpc) is 3.31. The third kappa shape index (κ3) is 6.26. The predicted octanol–water partition coefficient (Wildman–Crippen LogP) is 8.34. The summed E-state index contributed by atoms with van der Waals surface area (Å²) in [6.07, 6.45) is 5.19. The first-order valence-electron chi connectivity index (χ1n) is 15.8. The third-order valence-corrected chi connectivity index (χ3v) is 8.51. The Bertz CT molecular complexity index is 1750. The van der Waals surface area contributed by atoms with E-state index in [2.05, 4.69) is 99.8 Å². The van der Waals surface area contributed by atoms with Crippen LogP contribution in [0.5, 0.6) is 17.2 Å². The highest BCUT2D eigenvalue weighted by molar-refractivity contribution is 5.92. The third-order valence-electron chi connectivity index (χ3n) is 8.51. The van der Waals surface area contributed by atoms with Crippen LogP contribution in [0.4, 0.5) is 5.95 Å². The highest BCUT2D eigenvalue weighted by Gasteiger charge is 2.26. The Morgan fingerprint density at radius 2 is 1.36 bits per heavy atom. The van der Waals surface area contributed by atoms with Gasteiger partial charge in [0.1, 0.15) is 22.8 Å². The molecule has 0 radical (unpaired) electrons. The molecule has 0 fully saturated rings.